The molecule has 3 saturated heterocycles. The van der Waals surface area contributed by atoms with Crippen LogP contribution in [0.25, 0.3) is 0 Å². The van der Waals surface area contributed by atoms with Gasteiger partial charge in [0.05, 0.1) is 118 Å². The molecule has 18 atom stereocenters. The van der Waals surface area contributed by atoms with Crippen molar-refractivity contribution >= 4 is 99.7 Å². The van der Waals surface area contributed by atoms with E-state index in [9.17, 15) is 55.0 Å². The number of hydrogen-bond donors (Lipinski definition) is 7. The summed E-state index contributed by atoms with van der Waals surface area (Å²) in [6.07, 6.45) is 21.2. The fourth-order valence-electron chi connectivity index (χ4n) is 26.8. The molecule has 804 valence electrons. The summed E-state index contributed by atoms with van der Waals surface area (Å²) < 4.78 is 146. The maximum atomic E-state index is 13.5. The van der Waals surface area contributed by atoms with Crippen LogP contribution >= 0.6 is 34.8 Å². The molecule has 3 amide bonds. The van der Waals surface area contributed by atoms with Gasteiger partial charge in [0.25, 0.3) is 17.7 Å². The maximum absolute atomic E-state index is 13.5. The van der Waals surface area contributed by atoms with Gasteiger partial charge in [-0.15, -0.1) is 0 Å². The number of fused-ring (bicyclic) bond motifs is 12. The molecule has 9 aliphatic heterocycles. The highest BCUT2D eigenvalue weighted by Crippen LogP contribution is 2.56. The molecule has 8 N–H and O–H groups in total. The summed E-state index contributed by atoms with van der Waals surface area (Å²) in [4.78, 5) is 47.8. The molecule has 0 aromatic heterocycles. The highest BCUT2D eigenvalue weighted by atomic mass is 35.5. The van der Waals surface area contributed by atoms with Gasteiger partial charge in [-0.1, -0.05) is 107 Å². The normalized spacial score (nSPS) is 36.3. The molecular weight excluding hydrogens is 1990 g/mol. The lowest BCUT2D eigenvalue weighted by Crippen LogP contribution is -2.59. The van der Waals surface area contributed by atoms with Crippen LogP contribution in [0.15, 0.2) is 109 Å². The van der Waals surface area contributed by atoms with Gasteiger partial charge in [-0.3, -0.25) is 14.4 Å². The van der Waals surface area contributed by atoms with E-state index in [0.717, 1.165) is 187 Å². The minimum Gasteiger partial charge on any atom is -0.490 e. The number of hydrogen-bond acceptors (Lipinski definition) is 25. The minimum atomic E-state index is -3.94. The first-order valence-electron chi connectivity index (χ1n) is 54.1. The van der Waals surface area contributed by atoms with Gasteiger partial charge in [0.2, 0.25) is 30.1 Å². The maximum Gasteiger partial charge on any atom is 0.264 e. The number of sulfonamides is 3. The molecule has 0 radical (unpaired) electrons. The zero-order valence-corrected chi connectivity index (χ0v) is 91.2. The average Bonchev–Trinajstić information content (AvgIpc) is 1.69. The van der Waals surface area contributed by atoms with E-state index in [1.807, 2.05) is 83.1 Å². The quantitative estimate of drug-likeness (QED) is 0.0814. The van der Waals surface area contributed by atoms with Crippen LogP contribution in [0.1, 0.15) is 255 Å². The molecule has 6 aliphatic carbocycles. The summed E-state index contributed by atoms with van der Waals surface area (Å²) in [7, 11) is -11.8. The van der Waals surface area contributed by atoms with E-state index in [-0.39, 0.29) is 103 Å². The summed E-state index contributed by atoms with van der Waals surface area (Å²) in [6, 6.07) is 34.6. The van der Waals surface area contributed by atoms with Crippen molar-refractivity contribution in [2.45, 2.75) is 266 Å². The van der Waals surface area contributed by atoms with Crippen molar-refractivity contribution in [2.75, 3.05) is 133 Å². The number of nitrogens with two attached hydrogens (primary N) is 1. The molecule has 147 heavy (non-hydrogen) atoms. The molecule has 6 aromatic carbocycles. The van der Waals surface area contributed by atoms with Crippen molar-refractivity contribution in [1.29, 1.82) is 0 Å². The molecule has 28 nitrogen and oxygen atoms in total. The van der Waals surface area contributed by atoms with Crippen molar-refractivity contribution in [1.82, 2.24) is 14.2 Å². The van der Waals surface area contributed by atoms with Gasteiger partial charge in [-0.25, -0.2) is 39.4 Å². The van der Waals surface area contributed by atoms with E-state index >= 15 is 0 Å². The molecule has 6 fully saturated rings. The van der Waals surface area contributed by atoms with Gasteiger partial charge in [0.1, 0.15) is 17.2 Å². The second-order valence-corrected chi connectivity index (χ2v) is 55.0. The van der Waals surface area contributed by atoms with Crippen LogP contribution in [0.2, 0.25) is 15.1 Å². The number of halogens is 3. The number of carbonyl (C=O) groups is 3. The van der Waals surface area contributed by atoms with Gasteiger partial charge < -0.3 is 78.4 Å². The van der Waals surface area contributed by atoms with E-state index < -0.39 is 86.2 Å². The summed E-state index contributed by atoms with van der Waals surface area (Å²) in [5, 5.41) is 29.7. The Kier molecular flexibility index (Phi) is 32.4. The first-order chi connectivity index (χ1) is 70.2. The molecular formula is C113H152Cl3N7O21S3. The first-order valence-corrected chi connectivity index (χ1v) is 59.9. The Morgan fingerprint density at radius 2 is 0.639 bits per heavy atom. The second kappa shape index (κ2) is 44.0. The molecule has 3 saturated carbocycles. The first kappa shape index (κ1) is 108. The molecule has 9 heterocycles. The number of aryl methyl sites for hydroxylation is 3. The third-order valence-corrected chi connectivity index (χ3v) is 43.5. The Balaban J connectivity index is 0.000000139. The van der Waals surface area contributed by atoms with Crippen molar-refractivity contribution in [2.24, 2.45) is 87.6 Å². The Labute approximate surface area is 883 Å². The predicted molar refractivity (Wildman–Crippen MR) is 568 cm³/mol. The summed E-state index contributed by atoms with van der Waals surface area (Å²) >= 11 is 19.4. The number of ether oxygens (including phenoxy) is 9. The second-order valence-electron chi connectivity index (χ2n) is 47.6. The number of benzene rings is 6. The highest BCUT2D eigenvalue weighted by Gasteiger charge is 2.54. The number of nitrogens with zero attached hydrogens (tertiary/aromatic N) is 3. The third-order valence-electron chi connectivity index (χ3n) is 37.1. The molecule has 6 aromatic rings. The predicted octanol–water partition coefficient (Wildman–Crippen LogP) is 17.0. The van der Waals surface area contributed by atoms with Crippen molar-refractivity contribution in [3.05, 3.63) is 174 Å². The Morgan fingerprint density at radius 1 is 0.354 bits per heavy atom. The van der Waals surface area contributed by atoms with Gasteiger partial charge in [0.15, 0.2) is 18.9 Å². The van der Waals surface area contributed by atoms with E-state index in [1.54, 1.807) is 45.0 Å². The van der Waals surface area contributed by atoms with Crippen molar-refractivity contribution < 1.29 is 97.6 Å². The van der Waals surface area contributed by atoms with E-state index in [4.69, 9.17) is 83.2 Å². The van der Waals surface area contributed by atoms with Crippen molar-refractivity contribution in [3.8, 4) is 17.2 Å². The summed E-state index contributed by atoms with van der Waals surface area (Å²) in [5.74, 6) is 2.29. The van der Waals surface area contributed by atoms with Gasteiger partial charge in [-0.05, 0) is 333 Å². The fraction of sp³-hybridized carbons (Fsp3) is 0.655. The Hall–Kier alpha value is -7.15. The summed E-state index contributed by atoms with van der Waals surface area (Å²) in [5.41, 5.74) is 14.7. The monoisotopic (exact) mass is 2140 g/mol. The zero-order chi connectivity index (χ0) is 104. The number of aliphatic hydroxyl groups excluding tert-OH is 3. The molecule has 21 rings (SSSR count). The zero-order valence-electron chi connectivity index (χ0n) is 86.5. The molecule has 34 heteroatoms. The minimum absolute atomic E-state index is 0.00632. The Morgan fingerprint density at radius 3 is 0.905 bits per heavy atom. The molecule has 15 aliphatic rings. The van der Waals surface area contributed by atoms with Crippen molar-refractivity contribution in [3.63, 3.8) is 0 Å². The lowest BCUT2D eigenvalue weighted by Gasteiger charge is -2.49. The Bertz CT molecular complexity index is 5560. The topological polar surface area (TPSA) is 369 Å². The van der Waals surface area contributed by atoms with Crippen LogP contribution in [0.3, 0.4) is 0 Å². The average molecular weight is 2150 g/mol. The highest BCUT2D eigenvalue weighted by molar-refractivity contribution is 7.91. The van der Waals surface area contributed by atoms with Gasteiger partial charge in [-0.2, -0.15) is 0 Å². The van der Waals surface area contributed by atoms with E-state index in [1.165, 1.54) is 33.4 Å². The lowest BCUT2D eigenvalue weighted by molar-refractivity contribution is -0.265. The summed E-state index contributed by atoms with van der Waals surface area (Å²) in [6.45, 7) is 22.8. The lowest BCUT2D eigenvalue weighted by atomic mass is 9.64. The molecule has 0 unspecified atom stereocenters. The number of anilines is 3. The number of aliphatic hydroxyl groups is 3. The third kappa shape index (κ3) is 22.8. The van der Waals surface area contributed by atoms with Crippen LogP contribution in [-0.4, -0.2) is 217 Å². The van der Waals surface area contributed by atoms with Crippen LogP contribution in [-0.2, 0) is 94.0 Å². The van der Waals surface area contributed by atoms with E-state index in [2.05, 4.69) is 65.3 Å². The fourth-order valence-corrected chi connectivity index (χ4v) is 31.3. The largest absolute Gasteiger partial charge is 0.490 e. The van der Waals surface area contributed by atoms with Crippen LogP contribution in [0.4, 0.5) is 17.1 Å². The van der Waals surface area contributed by atoms with Crippen LogP contribution in [0, 0.1) is 81.8 Å². The smallest absolute Gasteiger partial charge is 0.264 e. The van der Waals surface area contributed by atoms with Gasteiger partial charge >= 0.3 is 0 Å². The van der Waals surface area contributed by atoms with E-state index in [0.29, 0.717) is 149 Å². The number of nitrogens with one attached hydrogen (secondary N) is 3. The molecule has 3 spiro atoms. The van der Waals surface area contributed by atoms with Crippen LogP contribution in [0.5, 0.6) is 17.2 Å². The van der Waals surface area contributed by atoms with Gasteiger partial charge in [0, 0.05) is 116 Å². The number of amides is 3. The standard InChI is InChI=1S/2C38H51ClN2O7S.C37H50ClN3O7S/c2*1-24-6-4-8-31(36-47-21-37(3,20-42)22-48-36)30-12-9-28(30)18-41-19-38(15-5-7-26-16-29(39)11-13-32(26)38)23-46-34-14-10-27(17-33(34)41)35(43)40-49(44,45)25(24)2;1-23-5-3-7-30(35-47-21-37(39,19-42)22-48-35)29-11-8-27(29)17-41-18-36(14-4-6-25-15-28(38)10-12-31(25)36)20-46-33-13-9-26(16-32(33)41)34(43)40-49(44,45)24(23)2/h2*10-11,13-14,16-17,24-25,28,30-31,36,42H,4-9,12,15,18-23H2,1-3H3,(H,40,43);9-10,12-13,15-16,23-24,27,29-30,35,42H,3-8,11,14,17-22,39H2,1-2H3,(H,40,43)/t24-,25+,28-,30+,31+,36?,37?,38-;24-,25+,28-,30+,31-,36?,37?,38-;23-,24+,27-,29+,30+,35?,36-,37?/m000/s1. The number of rotatable bonds is 6. The molecule has 6 bridgehead atoms. The van der Waals surface area contributed by atoms with Crippen LogP contribution < -0.4 is 48.8 Å². The number of carbonyl (C=O) groups excluding carboxylic acids is 3. The SMILES string of the molecule is C[C@@H]1[C@@H](C)CCC[C@@H](C2OCC(C)(CO)CO2)[C@@H]2CC[C@H]2CN2C[C@@]3(CCCc4cc(Cl)ccc43)COc3ccc(cc32)C(=O)NS1(=O)=O.C[C@@H]1[C@@H](C)CCC[C@@H](C2OCC(N)(CO)CO2)[C@@H]2CC[C@H]2CN2C[C@@]3(CCCc4cc(Cl)ccc43)COc3ccc(cc32)C(=O)NS1(=O)=O.C[C@@H]1[C@@H](C)CCC[C@H](C2OCC(C)(CO)CO2)[C@@H]2CC[C@H]2CN2C[C@@]3(CCCc4cc(Cl)ccc43)COc3ccc(cc32)C(=O)NS1(=O)=O.